The number of ether oxygens (including phenoxy) is 1. The average Bonchev–Trinajstić information content (AvgIpc) is 2.04. The molecule has 0 spiro atoms. The molecular weight excluding hydrogens is 157 g/mol. The van der Waals surface area contributed by atoms with Crippen molar-refractivity contribution < 1.29 is 14.8 Å². The van der Waals surface area contributed by atoms with E-state index in [4.69, 9.17) is 14.8 Å². The molecule has 0 aromatic carbocycles. The molecule has 1 unspecified atom stereocenters. The average molecular weight is 169 g/mol. The Morgan fingerprint density at radius 3 is 2.75 bits per heavy atom. The predicted octanol–water partition coefficient (Wildman–Crippen LogP) is -0.0330. The Balaban J connectivity index is 2.74. The Morgan fingerprint density at radius 1 is 1.67 bits per heavy atom. The Kier molecular flexibility index (Phi) is 2.89. The maximum absolute atomic E-state index is 8.83. The van der Waals surface area contributed by atoms with Gasteiger partial charge in [-0.2, -0.15) is 0 Å². The van der Waals surface area contributed by atoms with Gasteiger partial charge in [0.25, 0.3) is 0 Å². The van der Waals surface area contributed by atoms with Crippen LogP contribution in [0.4, 0.5) is 0 Å². The topological polar surface area (TPSA) is 62.0 Å². The van der Waals surface area contributed by atoms with Crippen LogP contribution in [-0.4, -0.2) is 30.2 Å². The van der Waals surface area contributed by atoms with E-state index >= 15 is 0 Å². The smallest absolute Gasteiger partial charge is 0.484 e. The first-order valence-corrected chi connectivity index (χ1v) is 3.82. The lowest BCUT2D eigenvalue weighted by Crippen LogP contribution is -2.24. The number of methoxy groups -OCH3 is 1. The molecule has 0 fully saturated rings. The van der Waals surface area contributed by atoms with Crippen LogP contribution in [-0.2, 0) is 4.74 Å². The summed E-state index contributed by atoms with van der Waals surface area (Å²) in [5.74, 6) is 0.760. The zero-order valence-corrected chi connectivity index (χ0v) is 7.19. The SMILES string of the molecule is COC1=NC=C(B(O)O)CC1C. The molecule has 0 aromatic heterocycles. The van der Waals surface area contributed by atoms with E-state index in [1.165, 1.54) is 6.20 Å². The number of rotatable bonds is 1. The Hall–Kier alpha value is -0.805. The lowest BCUT2D eigenvalue weighted by Gasteiger charge is -2.18. The van der Waals surface area contributed by atoms with Crippen LogP contribution < -0.4 is 0 Å². The highest BCUT2D eigenvalue weighted by Gasteiger charge is 2.23. The number of aliphatic imine (C=N–C) groups is 1. The second-order valence-electron chi connectivity index (χ2n) is 2.85. The van der Waals surface area contributed by atoms with Gasteiger partial charge < -0.3 is 14.8 Å². The minimum Gasteiger partial charge on any atom is -0.484 e. The zero-order chi connectivity index (χ0) is 9.14. The third-order valence-corrected chi connectivity index (χ3v) is 1.86. The van der Waals surface area contributed by atoms with Gasteiger partial charge in [0.05, 0.1) is 7.11 Å². The fraction of sp³-hybridized carbons (Fsp3) is 0.571. The Labute approximate surface area is 71.7 Å². The summed E-state index contributed by atoms with van der Waals surface area (Å²) in [6.45, 7) is 1.93. The van der Waals surface area contributed by atoms with Gasteiger partial charge in [0.2, 0.25) is 0 Å². The molecule has 1 rings (SSSR count). The lowest BCUT2D eigenvalue weighted by molar-refractivity contribution is 0.364. The van der Waals surface area contributed by atoms with Gasteiger partial charge in [-0.3, -0.25) is 0 Å². The molecule has 1 heterocycles. The van der Waals surface area contributed by atoms with Gasteiger partial charge in [0.1, 0.15) is 0 Å². The van der Waals surface area contributed by atoms with E-state index in [0.29, 0.717) is 17.8 Å². The predicted molar refractivity (Wildman–Crippen MR) is 46.5 cm³/mol. The molecule has 0 saturated heterocycles. The van der Waals surface area contributed by atoms with Crippen LogP contribution in [0.25, 0.3) is 0 Å². The molecule has 12 heavy (non-hydrogen) atoms. The standard InChI is InChI=1S/C7H12BNO3/c1-5-3-6(8(10)11)4-9-7(5)12-2/h4-5,10-11H,3H2,1-2H3. The first-order chi connectivity index (χ1) is 5.65. The summed E-state index contributed by atoms with van der Waals surface area (Å²) in [5, 5.41) is 17.7. The molecular formula is C7H12BNO3. The van der Waals surface area contributed by atoms with Crippen LogP contribution in [0.2, 0.25) is 0 Å². The summed E-state index contributed by atoms with van der Waals surface area (Å²) >= 11 is 0. The molecule has 4 nitrogen and oxygen atoms in total. The largest absolute Gasteiger partial charge is 0.485 e. The van der Waals surface area contributed by atoms with Crippen molar-refractivity contribution in [2.45, 2.75) is 13.3 Å². The van der Waals surface area contributed by atoms with Gasteiger partial charge in [-0.05, 0) is 11.9 Å². The van der Waals surface area contributed by atoms with Gasteiger partial charge in [-0.15, -0.1) is 0 Å². The molecule has 66 valence electrons. The monoisotopic (exact) mass is 169 g/mol. The van der Waals surface area contributed by atoms with Gasteiger partial charge in [-0.25, -0.2) is 4.99 Å². The van der Waals surface area contributed by atoms with Gasteiger partial charge >= 0.3 is 7.12 Å². The van der Waals surface area contributed by atoms with E-state index < -0.39 is 7.12 Å². The van der Waals surface area contributed by atoms with E-state index in [9.17, 15) is 0 Å². The highest BCUT2D eigenvalue weighted by molar-refractivity contribution is 6.50. The maximum atomic E-state index is 8.83. The second-order valence-corrected chi connectivity index (χ2v) is 2.85. The summed E-state index contributed by atoms with van der Waals surface area (Å²) in [7, 11) is 0.165. The molecule has 0 aliphatic carbocycles. The summed E-state index contributed by atoms with van der Waals surface area (Å²) in [5.41, 5.74) is 0.531. The van der Waals surface area contributed by atoms with E-state index in [2.05, 4.69) is 4.99 Å². The fourth-order valence-electron chi connectivity index (χ4n) is 1.19. The first-order valence-electron chi connectivity index (χ1n) is 3.82. The number of hydrogen-bond acceptors (Lipinski definition) is 4. The van der Waals surface area contributed by atoms with Crippen LogP contribution in [0.1, 0.15) is 13.3 Å². The molecule has 1 aliphatic rings. The van der Waals surface area contributed by atoms with Crippen LogP contribution >= 0.6 is 0 Å². The van der Waals surface area contributed by atoms with Crippen LogP contribution in [0.3, 0.4) is 0 Å². The third kappa shape index (κ3) is 1.87. The van der Waals surface area contributed by atoms with E-state index in [0.717, 1.165) is 0 Å². The highest BCUT2D eigenvalue weighted by Crippen LogP contribution is 2.19. The quantitative estimate of drug-likeness (QED) is 0.541. The molecule has 0 radical (unpaired) electrons. The first kappa shape index (κ1) is 9.28. The minimum absolute atomic E-state index is 0.122. The van der Waals surface area contributed by atoms with E-state index in [-0.39, 0.29) is 5.92 Å². The molecule has 1 aliphatic heterocycles. The highest BCUT2D eigenvalue weighted by atomic mass is 16.5. The van der Waals surface area contributed by atoms with Crippen molar-refractivity contribution in [2.75, 3.05) is 7.11 Å². The summed E-state index contributed by atoms with van der Waals surface area (Å²) in [6.07, 6.45) is 2.04. The van der Waals surface area contributed by atoms with Crippen LogP contribution in [0.5, 0.6) is 0 Å². The molecule has 5 heteroatoms. The number of allylic oxidation sites excluding steroid dienone is 1. The van der Waals surface area contributed by atoms with Crippen molar-refractivity contribution in [2.24, 2.45) is 10.9 Å². The van der Waals surface area contributed by atoms with Crippen molar-refractivity contribution in [1.29, 1.82) is 0 Å². The third-order valence-electron chi connectivity index (χ3n) is 1.86. The van der Waals surface area contributed by atoms with Crippen molar-refractivity contribution in [3.8, 4) is 0 Å². The molecule has 2 N–H and O–H groups in total. The molecule has 0 bridgehead atoms. The zero-order valence-electron chi connectivity index (χ0n) is 7.19. The van der Waals surface area contributed by atoms with Gasteiger partial charge in [0, 0.05) is 12.1 Å². The molecule has 0 aromatic rings. The molecule has 0 saturated carbocycles. The van der Waals surface area contributed by atoms with Crippen molar-refractivity contribution in [3.05, 3.63) is 11.7 Å². The summed E-state index contributed by atoms with van der Waals surface area (Å²) in [6, 6.07) is 0. The minimum atomic E-state index is -1.39. The van der Waals surface area contributed by atoms with Crippen molar-refractivity contribution in [1.82, 2.24) is 0 Å². The number of hydrogen-bond donors (Lipinski definition) is 2. The van der Waals surface area contributed by atoms with Gasteiger partial charge in [-0.1, -0.05) is 6.92 Å². The molecule has 1 atom stereocenters. The lowest BCUT2D eigenvalue weighted by atomic mass is 9.74. The maximum Gasteiger partial charge on any atom is 0.485 e. The van der Waals surface area contributed by atoms with E-state index in [1.807, 2.05) is 6.92 Å². The number of nitrogens with zero attached hydrogens (tertiary/aromatic N) is 1. The van der Waals surface area contributed by atoms with Gasteiger partial charge in [0.15, 0.2) is 5.90 Å². The van der Waals surface area contributed by atoms with E-state index in [1.54, 1.807) is 7.11 Å². The normalized spacial score (nSPS) is 22.8. The molecule has 0 amide bonds. The fourth-order valence-corrected chi connectivity index (χ4v) is 1.19. The summed E-state index contributed by atoms with van der Waals surface area (Å²) in [4.78, 5) is 3.94. The second kappa shape index (κ2) is 3.73. The van der Waals surface area contributed by atoms with Crippen LogP contribution in [0.15, 0.2) is 16.7 Å². The Morgan fingerprint density at radius 2 is 2.33 bits per heavy atom. The van der Waals surface area contributed by atoms with Crippen molar-refractivity contribution in [3.63, 3.8) is 0 Å². The Bertz CT molecular complexity index is 225. The van der Waals surface area contributed by atoms with Crippen LogP contribution in [0, 0.1) is 5.92 Å². The summed E-state index contributed by atoms with van der Waals surface area (Å²) < 4.78 is 4.97. The van der Waals surface area contributed by atoms with Crippen molar-refractivity contribution >= 4 is 13.0 Å².